The van der Waals surface area contributed by atoms with E-state index in [1.165, 1.54) is 29.9 Å². The maximum atomic E-state index is 2.51. The van der Waals surface area contributed by atoms with Crippen LogP contribution < -0.4 is 9.47 Å². The summed E-state index contributed by atoms with van der Waals surface area (Å²) < 4.78 is 2.05. The smallest absolute Gasteiger partial charge is 0.169 e. The first-order valence-electron chi connectivity index (χ1n) is 8.45. The predicted molar refractivity (Wildman–Crippen MR) is 97.3 cm³/mol. The van der Waals surface area contributed by atoms with Crippen LogP contribution >= 0.6 is 0 Å². The molecular weight excluding hydrogens is 282 g/mol. The Kier molecular flexibility index (Phi) is 5.09. The maximum Gasteiger partial charge on any atom is 0.169 e. The van der Waals surface area contributed by atoms with E-state index >= 15 is 0 Å². The first kappa shape index (κ1) is 15.8. The molecule has 0 unspecified atom stereocenters. The number of likely N-dealkylation sites (N-methyl/N-ethyl adjacent to an activating group) is 1. The Labute approximate surface area is 139 Å². The van der Waals surface area contributed by atoms with Crippen LogP contribution in [0, 0.1) is 0 Å². The first-order valence-corrected chi connectivity index (χ1v) is 8.45. The molecule has 3 rings (SSSR count). The lowest BCUT2D eigenvalue weighted by molar-refractivity contribution is -0.671. The van der Waals surface area contributed by atoms with Gasteiger partial charge in [0.05, 0.1) is 0 Å². The molecule has 23 heavy (non-hydrogen) atoms. The lowest BCUT2D eigenvalue weighted by Crippen LogP contribution is -2.46. The number of piperazine rings is 1. The average Bonchev–Trinajstić information content (AvgIpc) is 2.62. The molecule has 1 fully saturated rings. The Morgan fingerprint density at radius 2 is 1.43 bits per heavy atom. The van der Waals surface area contributed by atoms with Crippen LogP contribution in [-0.4, -0.2) is 37.6 Å². The lowest BCUT2D eigenvalue weighted by Gasteiger charge is -2.35. The number of aromatic nitrogens is 1. The van der Waals surface area contributed by atoms with Crippen molar-refractivity contribution in [1.82, 2.24) is 4.90 Å². The maximum absolute atomic E-state index is 2.51. The van der Waals surface area contributed by atoms with Crippen LogP contribution in [0.15, 0.2) is 48.8 Å². The number of anilines is 1. The van der Waals surface area contributed by atoms with Gasteiger partial charge in [0.1, 0.15) is 7.05 Å². The van der Waals surface area contributed by atoms with Crippen LogP contribution in [0.4, 0.5) is 5.69 Å². The minimum Gasteiger partial charge on any atom is -0.369 e. The third kappa shape index (κ3) is 4.20. The van der Waals surface area contributed by atoms with E-state index < -0.39 is 0 Å². The molecule has 0 radical (unpaired) electrons. The highest BCUT2D eigenvalue weighted by atomic mass is 15.3. The van der Waals surface area contributed by atoms with Gasteiger partial charge in [0.15, 0.2) is 12.4 Å². The van der Waals surface area contributed by atoms with E-state index in [0.717, 1.165) is 19.6 Å². The standard InChI is InChI=1S/C20H26N3/c1-3-22-14-16-23(17-15-22)20-8-6-18(7-9-20)4-5-19-10-12-21(2)13-11-19/h4-13H,3,14-17H2,1-2H3/q+1. The quantitative estimate of drug-likeness (QED) is 0.804. The molecule has 0 bridgehead atoms. The largest absolute Gasteiger partial charge is 0.369 e. The Bertz CT molecular complexity index is 636. The fraction of sp³-hybridized carbons (Fsp3) is 0.350. The zero-order chi connectivity index (χ0) is 16.1. The predicted octanol–water partition coefficient (Wildman–Crippen LogP) is 2.82. The SMILES string of the molecule is CCN1CCN(c2ccc(/C=C/c3cc[n+](C)cc3)cc2)CC1. The Morgan fingerprint density at radius 1 is 0.870 bits per heavy atom. The lowest BCUT2D eigenvalue weighted by atomic mass is 10.1. The molecule has 120 valence electrons. The molecule has 0 aliphatic carbocycles. The number of benzene rings is 1. The van der Waals surface area contributed by atoms with Crippen LogP contribution in [-0.2, 0) is 7.05 Å². The van der Waals surface area contributed by atoms with Gasteiger partial charge < -0.3 is 9.80 Å². The van der Waals surface area contributed by atoms with Crippen molar-refractivity contribution >= 4 is 17.8 Å². The van der Waals surface area contributed by atoms with Crippen molar-refractivity contribution < 1.29 is 4.57 Å². The van der Waals surface area contributed by atoms with E-state index in [0.29, 0.717) is 0 Å². The van der Waals surface area contributed by atoms with Gasteiger partial charge in [-0.2, -0.15) is 0 Å². The highest BCUT2D eigenvalue weighted by Crippen LogP contribution is 2.18. The fourth-order valence-electron chi connectivity index (χ4n) is 2.93. The van der Waals surface area contributed by atoms with Gasteiger partial charge in [-0.05, 0) is 29.8 Å². The number of aryl methyl sites for hydroxylation is 1. The molecule has 1 aromatic carbocycles. The molecule has 0 atom stereocenters. The van der Waals surface area contributed by atoms with E-state index in [2.05, 4.69) is 77.7 Å². The topological polar surface area (TPSA) is 10.4 Å². The highest BCUT2D eigenvalue weighted by molar-refractivity contribution is 5.70. The Hall–Kier alpha value is -2.13. The number of rotatable bonds is 4. The molecular formula is C20H26N3+. The summed E-state index contributed by atoms with van der Waals surface area (Å²) >= 11 is 0. The van der Waals surface area contributed by atoms with Crippen LogP contribution in [0.5, 0.6) is 0 Å². The molecule has 3 heteroatoms. The molecule has 0 amide bonds. The molecule has 2 aromatic rings. The Morgan fingerprint density at radius 3 is 2.00 bits per heavy atom. The zero-order valence-corrected chi connectivity index (χ0v) is 14.2. The number of nitrogens with zero attached hydrogens (tertiary/aromatic N) is 3. The van der Waals surface area contributed by atoms with E-state index in [1.54, 1.807) is 0 Å². The van der Waals surface area contributed by atoms with Gasteiger partial charge in [-0.25, -0.2) is 4.57 Å². The summed E-state index contributed by atoms with van der Waals surface area (Å²) in [7, 11) is 2.03. The molecule has 1 saturated heterocycles. The van der Waals surface area contributed by atoms with Crippen molar-refractivity contribution in [2.45, 2.75) is 6.92 Å². The van der Waals surface area contributed by atoms with Crippen LogP contribution in [0.1, 0.15) is 18.1 Å². The van der Waals surface area contributed by atoms with Crippen molar-refractivity contribution in [2.24, 2.45) is 7.05 Å². The van der Waals surface area contributed by atoms with Crippen LogP contribution in [0.2, 0.25) is 0 Å². The molecule has 0 N–H and O–H groups in total. The van der Waals surface area contributed by atoms with Gasteiger partial charge in [-0.15, -0.1) is 0 Å². The minimum atomic E-state index is 1.13. The summed E-state index contributed by atoms with van der Waals surface area (Å²) in [4.78, 5) is 4.99. The van der Waals surface area contributed by atoms with Crippen LogP contribution in [0.25, 0.3) is 12.2 Å². The Balaban J connectivity index is 1.62. The monoisotopic (exact) mass is 308 g/mol. The second kappa shape index (κ2) is 7.42. The summed E-state index contributed by atoms with van der Waals surface area (Å²) in [5.74, 6) is 0. The molecule has 3 nitrogen and oxygen atoms in total. The van der Waals surface area contributed by atoms with Gasteiger partial charge >= 0.3 is 0 Å². The summed E-state index contributed by atoms with van der Waals surface area (Å²) in [5, 5.41) is 0. The van der Waals surface area contributed by atoms with Crippen molar-refractivity contribution in [3.8, 4) is 0 Å². The summed E-state index contributed by atoms with van der Waals surface area (Å²) in [6.45, 7) is 8.00. The highest BCUT2D eigenvalue weighted by Gasteiger charge is 2.15. The number of hydrogen-bond donors (Lipinski definition) is 0. The molecule has 2 heterocycles. The average molecular weight is 308 g/mol. The van der Waals surface area contributed by atoms with Crippen molar-refractivity contribution in [3.05, 3.63) is 59.9 Å². The van der Waals surface area contributed by atoms with Gasteiger partial charge in [-0.1, -0.05) is 31.2 Å². The molecule has 0 spiro atoms. The third-order valence-corrected chi connectivity index (χ3v) is 4.55. The van der Waals surface area contributed by atoms with E-state index in [9.17, 15) is 0 Å². The third-order valence-electron chi connectivity index (χ3n) is 4.55. The van der Waals surface area contributed by atoms with Gasteiger partial charge in [0.2, 0.25) is 0 Å². The van der Waals surface area contributed by atoms with Gasteiger partial charge in [-0.3, -0.25) is 0 Å². The molecule has 1 aromatic heterocycles. The van der Waals surface area contributed by atoms with Gasteiger partial charge in [0.25, 0.3) is 0 Å². The minimum absolute atomic E-state index is 1.13. The zero-order valence-electron chi connectivity index (χ0n) is 14.2. The van der Waals surface area contributed by atoms with Crippen molar-refractivity contribution in [3.63, 3.8) is 0 Å². The van der Waals surface area contributed by atoms with Gasteiger partial charge in [0, 0.05) is 44.0 Å². The number of hydrogen-bond acceptors (Lipinski definition) is 2. The van der Waals surface area contributed by atoms with E-state index in [4.69, 9.17) is 0 Å². The second-order valence-electron chi connectivity index (χ2n) is 6.14. The molecule has 0 saturated carbocycles. The molecule has 1 aliphatic rings. The first-order chi connectivity index (χ1) is 11.2. The summed E-state index contributed by atoms with van der Waals surface area (Å²) in [6, 6.07) is 13.1. The van der Waals surface area contributed by atoms with Crippen LogP contribution in [0.3, 0.4) is 0 Å². The van der Waals surface area contributed by atoms with Crippen molar-refractivity contribution in [1.29, 1.82) is 0 Å². The summed E-state index contributed by atoms with van der Waals surface area (Å²) in [5.41, 5.74) is 3.81. The molecule has 1 aliphatic heterocycles. The summed E-state index contributed by atoms with van der Waals surface area (Å²) in [6.07, 6.45) is 8.47. The van der Waals surface area contributed by atoms with Crippen molar-refractivity contribution in [2.75, 3.05) is 37.6 Å². The fourth-order valence-corrected chi connectivity index (χ4v) is 2.93. The number of pyridine rings is 1. The van der Waals surface area contributed by atoms with E-state index in [-0.39, 0.29) is 0 Å². The normalized spacial score (nSPS) is 16.2. The van der Waals surface area contributed by atoms with E-state index in [1.807, 2.05) is 11.6 Å². The second-order valence-corrected chi connectivity index (χ2v) is 6.14.